The maximum atomic E-state index is 12.0. The van der Waals surface area contributed by atoms with Crippen molar-refractivity contribution < 1.29 is 0 Å². The summed E-state index contributed by atoms with van der Waals surface area (Å²) in [6, 6.07) is 6.91. The molecule has 0 amide bonds. The maximum absolute atomic E-state index is 12.0. The van der Waals surface area contributed by atoms with E-state index in [9.17, 15) is 4.79 Å². The molecule has 3 aromatic rings. The predicted octanol–water partition coefficient (Wildman–Crippen LogP) is 1.26. The average Bonchev–Trinajstić information content (AvgIpc) is 2.81. The Morgan fingerprint density at radius 1 is 1.37 bits per heavy atom. The molecule has 6 nitrogen and oxygen atoms in total. The van der Waals surface area contributed by atoms with Gasteiger partial charge in [-0.2, -0.15) is 5.26 Å². The average molecular weight is 251 g/mol. The van der Waals surface area contributed by atoms with E-state index in [0.29, 0.717) is 22.6 Å². The number of fused-ring (bicyclic) bond motifs is 1. The number of aromatic nitrogens is 4. The van der Waals surface area contributed by atoms with Crippen LogP contribution in [-0.4, -0.2) is 19.6 Å². The Bertz CT molecular complexity index is 869. The standard InChI is InChI=1S/C13H9N5O/c1-8-4-11(19)10(6-15-8)13-17-16-12-3-2-9(5-14)7-18(12)13/h2-4,6-7H,1H3,(H,15,19). The number of nitrogens with one attached hydrogen (secondary N) is 1. The van der Waals surface area contributed by atoms with E-state index in [-0.39, 0.29) is 5.43 Å². The third-order valence-corrected chi connectivity index (χ3v) is 2.83. The zero-order valence-corrected chi connectivity index (χ0v) is 10.1. The molecule has 0 aliphatic heterocycles. The molecule has 0 aromatic carbocycles. The van der Waals surface area contributed by atoms with Crippen molar-refractivity contribution in [2.75, 3.05) is 0 Å². The van der Waals surface area contributed by atoms with Crippen molar-refractivity contribution in [2.45, 2.75) is 6.92 Å². The first-order chi connectivity index (χ1) is 9.19. The second kappa shape index (κ2) is 4.07. The Labute approximate surface area is 108 Å². The van der Waals surface area contributed by atoms with Gasteiger partial charge in [0.2, 0.25) is 0 Å². The second-order valence-electron chi connectivity index (χ2n) is 4.18. The Kier molecular flexibility index (Phi) is 2.39. The summed E-state index contributed by atoms with van der Waals surface area (Å²) in [6.07, 6.45) is 3.22. The molecule has 0 fully saturated rings. The number of aromatic amines is 1. The van der Waals surface area contributed by atoms with Crippen molar-refractivity contribution in [3.8, 4) is 17.5 Å². The number of aryl methyl sites for hydroxylation is 1. The summed E-state index contributed by atoms with van der Waals surface area (Å²) in [5, 5.41) is 16.9. The molecule has 0 bridgehead atoms. The second-order valence-corrected chi connectivity index (χ2v) is 4.18. The van der Waals surface area contributed by atoms with Gasteiger partial charge in [-0.15, -0.1) is 10.2 Å². The Morgan fingerprint density at radius 2 is 2.21 bits per heavy atom. The lowest BCUT2D eigenvalue weighted by molar-refractivity contribution is 1.09. The van der Waals surface area contributed by atoms with Crippen LogP contribution in [0.15, 0.2) is 35.4 Å². The molecule has 6 heteroatoms. The summed E-state index contributed by atoms with van der Waals surface area (Å²) in [4.78, 5) is 14.9. The molecule has 0 saturated heterocycles. The van der Waals surface area contributed by atoms with E-state index in [2.05, 4.69) is 15.2 Å². The lowest BCUT2D eigenvalue weighted by Gasteiger charge is -2.00. The first kappa shape index (κ1) is 11.2. The summed E-state index contributed by atoms with van der Waals surface area (Å²) < 4.78 is 1.64. The molecule has 0 aliphatic rings. The summed E-state index contributed by atoms with van der Waals surface area (Å²) in [7, 11) is 0. The van der Waals surface area contributed by atoms with E-state index in [4.69, 9.17) is 5.26 Å². The number of rotatable bonds is 1. The van der Waals surface area contributed by atoms with Crippen molar-refractivity contribution in [1.29, 1.82) is 5.26 Å². The summed E-state index contributed by atoms with van der Waals surface area (Å²) in [5.41, 5.74) is 2.15. The lowest BCUT2D eigenvalue weighted by Crippen LogP contribution is -2.07. The molecule has 1 N–H and O–H groups in total. The molecule has 19 heavy (non-hydrogen) atoms. The van der Waals surface area contributed by atoms with Crippen LogP contribution in [0.5, 0.6) is 0 Å². The third-order valence-electron chi connectivity index (χ3n) is 2.83. The Balaban J connectivity index is 2.31. The fourth-order valence-electron chi connectivity index (χ4n) is 1.89. The first-order valence-corrected chi connectivity index (χ1v) is 5.63. The number of hydrogen-bond donors (Lipinski definition) is 1. The van der Waals surface area contributed by atoms with Crippen LogP contribution in [0.4, 0.5) is 0 Å². The van der Waals surface area contributed by atoms with E-state index < -0.39 is 0 Å². The van der Waals surface area contributed by atoms with Crippen LogP contribution in [0.1, 0.15) is 11.3 Å². The normalized spacial score (nSPS) is 10.5. The Morgan fingerprint density at radius 3 is 2.95 bits per heavy atom. The van der Waals surface area contributed by atoms with Gasteiger partial charge < -0.3 is 4.98 Å². The lowest BCUT2D eigenvalue weighted by atomic mass is 10.2. The molecule has 0 spiro atoms. The molecule has 0 aliphatic carbocycles. The SMILES string of the molecule is Cc1cc(=O)c(-c2nnc3ccc(C#N)cn23)c[nH]1. The largest absolute Gasteiger partial charge is 0.364 e. The van der Waals surface area contributed by atoms with Gasteiger partial charge in [0.15, 0.2) is 16.9 Å². The summed E-state index contributed by atoms with van der Waals surface area (Å²) in [6.45, 7) is 1.81. The highest BCUT2D eigenvalue weighted by molar-refractivity contribution is 5.59. The fraction of sp³-hybridized carbons (Fsp3) is 0.0769. The summed E-state index contributed by atoms with van der Waals surface area (Å²) in [5.74, 6) is 0.424. The quantitative estimate of drug-likeness (QED) is 0.705. The molecule has 3 heterocycles. The molecular weight excluding hydrogens is 242 g/mol. The van der Waals surface area contributed by atoms with Gasteiger partial charge in [-0.05, 0) is 19.1 Å². The highest BCUT2D eigenvalue weighted by Crippen LogP contribution is 2.15. The van der Waals surface area contributed by atoms with Gasteiger partial charge in [-0.25, -0.2) is 0 Å². The number of nitrogens with zero attached hydrogens (tertiary/aromatic N) is 4. The molecule has 0 unspecified atom stereocenters. The van der Waals surface area contributed by atoms with Crippen molar-refractivity contribution in [1.82, 2.24) is 19.6 Å². The number of hydrogen-bond acceptors (Lipinski definition) is 4. The van der Waals surface area contributed by atoms with E-state index in [1.807, 2.05) is 6.07 Å². The highest BCUT2D eigenvalue weighted by atomic mass is 16.1. The minimum absolute atomic E-state index is 0.132. The van der Waals surface area contributed by atoms with Crippen LogP contribution in [0.25, 0.3) is 17.0 Å². The van der Waals surface area contributed by atoms with E-state index >= 15 is 0 Å². The monoisotopic (exact) mass is 251 g/mol. The minimum atomic E-state index is -0.132. The smallest absolute Gasteiger partial charge is 0.192 e. The highest BCUT2D eigenvalue weighted by Gasteiger charge is 2.11. The van der Waals surface area contributed by atoms with E-state index in [1.165, 1.54) is 6.07 Å². The molecule has 0 saturated carbocycles. The van der Waals surface area contributed by atoms with Gasteiger partial charge in [0.05, 0.1) is 11.1 Å². The number of H-pyrrole nitrogens is 1. The number of nitriles is 1. The Hall–Kier alpha value is -2.94. The maximum Gasteiger partial charge on any atom is 0.192 e. The predicted molar refractivity (Wildman–Crippen MR) is 68.5 cm³/mol. The van der Waals surface area contributed by atoms with Crippen LogP contribution in [-0.2, 0) is 0 Å². The van der Waals surface area contributed by atoms with Crippen LogP contribution >= 0.6 is 0 Å². The summed E-state index contributed by atoms with van der Waals surface area (Å²) >= 11 is 0. The van der Waals surface area contributed by atoms with E-state index in [1.54, 1.807) is 35.9 Å². The van der Waals surface area contributed by atoms with Crippen LogP contribution in [0.2, 0.25) is 0 Å². The van der Waals surface area contributed by atoms with Gasteiger partial charge in [0.25, 0.3) is 0 Å². The van der Waals surface area contributed by atoms with Gasteiger partial charge >= 0.3 is 0 Å². The molecular formula is C13H9N5O. The van der Waals surface area contributed by atoms with E-state index in [0.717, 1.165) is 5.69 Å². The van der Waals surface area contributed by atoms with Crippen molar-refractivity contribution in [3.63, 3.8) is 0 Å². The van der Waals surface area contributed by atoms with Gasteiger partial charge in [-0.1, -0.05) is 0 Å². The van der Waals surface area contributed by atoms with Crippen molar-refractivity contribution >= 4 is 5.65 Å². The minimum Gasteiger partial charge on any atom is -0.364 e. The van der Waals surface area contributed by atoms with Crippen molar-refractivity contribution in [3.05, 3.63) is 52.1 Å². The van der Waals surface area contributed by atoms with Gasteiger partial charge in [0.1, 0.15) is 6.07 Å². The van der Waals surface area contributed by atoms with Crippen LogP contribution < -0.4 is 5.43 Å². The zero-order chi connectivity index (χ0) is 13.4. The van der Waals surface area contributed by atoms with Crippen LogP contribution in [0.3, 0.4) is 0 Å². The zero-order valence-electron chi connectivity index (χ0n) is 10.1. The fourth-order valence-corrected chi connectivity index (χ4v) is 1.89. The molecule has 0 atom stereocenters. The van der Waals surface area contributed by atoms with Crippen molar-refractivity contribution in [2.24, 2.45) is 0 Å². The molecule has 92 valence electrons. The van der Waals surface area contributed by atoms with Gasteiger partial charge in [0, 0.05) is 24.2 Å². The molecule has 3 aromatic heterocycles. The van der Waals surface area contributed by atoms with Crippen LogP contribution in [0, 0.1) is 18.3 Å². The first-order valence-electron chi connectivity index (χ1n) is 5.63. The van der Waals surface area contributed by atoms with Gasteiger partial charge in [-0.3, -0.25) is 9.20 Å². The third kappa shape index (κ3) is 1.77. The topological polar surface area (TPSA) is 86.8 Å². The number of pyridine rings is 2. The molecule has 0 radical (unpaired) electrons. The molecule has 3 rings (SSSR count).